The molecular weight excluding hydrogens is 194 g/mol. The Morgan fingerprint density at radius 3 is 2.40 bits per heavy atom. The predicted molar refractivity (Wildman–Crippen MR) is 56.6 cm³/mol. The molecule has 15 heavy (non-hydrogen) atoms. The van der Waals surface area contributed by atoms with Gasteiger partial charge in [-0.15, -0.1) is 0 Å². The van der Waals surface area contributed by atoms with E-state index in [2.05, 4.69) is 0 Å². The van der Waals surface area contributed by atoms with Gasteiger partial charge >= 0.3 is 12.4 Å². The molecule has 1 radical (unpaired) electrons. The molecule has 0 fully saturated rings. The van der Waals surface area contributed by atoms with E-state index in [-0.39, 0.29) is 0 Å². The zero-order chi connectivity index (χ0) is 11.3. The summed E-state index contributed by atoms with van der Waals surface area (Å²) in [5.41, 5.74) is 5.68. The molecule has 5 heteroatoms. The van der Waals surface area contributed by atoms with Crippen LogP contribution < -0.4 is 10.7 Å². The fraction of sp³-hybridized carbons (Fsp3) is 0.200. The van der Waals surface area contributed by atoms with Crippen LogP contribution >= 0.6 is 0 Å². The quantitative estimate of drug-likeness (QED) is 0.587. The molecule has 0 heterocycles. The van der Waals surface area contributed by atoms with Gasteiger partial charge in [0.1, 0.15) is 0 Å². The number of urea groups is 1. The molecule has 0 aliphatic rings. The summed E-state index contributed by atoms with van der Waals surface area (Å²) in [5, 5.41) is 2.16. The minimum absolute atomic E-state index is 0.305. The zero-order valence-electron chi connectivity index (χ0n) is 8.38. The highest BCUT2D eigenvalue weighted by Crippen LogP contribution is 2.13. The fourth-order valence-corrected chi connectivity index (χ4v) is 1.21. The van der Waals surface area contributed by atoms with E-state index < -0.39 is 6.03 Å². The van der Waals surface area contributed by atoms with Gasteiger partial charge in [0, 0.05) is 6.54 Å². The van der Waals surface area contributed by atoms with Crippen molar-refractivity contribution in [3.05, 3.63) is 30.3 Å². The monoisotopic (exact) mass is 206 g/mol. The standard InChI is InChI=1S/C10H12N3O2/c1-2-12(10(11)15)13(8-14)9-6-4-3-5-7-9/h3-7H,2H2,1H3,(H2,11,15). The Kier molecular flexibility index (Phi) is 3.68. The van der Waals surface area contributed by atoms with Crippen molar-refractivity contribution in [2.24, 2.45) is 5.73 Å². The van der Waals surface area contributed by atoms with E-state index in [9.17, 15) is 9.59 Å². The number of hydrogen-bond acceptors (Lipinski definition) is 2. The Bertz CT molecular complexity index is 340. The Balaban J connectivity index is 2.97. The van der Waals surface area contributed by atoms with Crippen LogP contribution in [0.2, 0.25) is 0 Å². The molecule has 79 valence electrons. The third-order valence-electron chi connectivity index (χ3n) is 1.88. The van der Waals surface area contributed by atoms with Gasteiger partial charge < -0.3 is 5.73 Å². The van der Waals surface area contributed by atoms with Gasteiger partial charge in [-0.25, -0.2) is 14.8 Å². The van der Waals surface area contributed by atoms with Crippen molar-refractivity contribution in [1.82, 2.24) is 5.01 Å². The van der Waals surface area contributed by atoms with Crippen LogP contribution in [0.25, 0.3) is 0 Å². The average Bonchev–Trinajstić information content (AvgIpc) is 2.26. The Hall–Kier alpha value is -2.04. The van der Waals surface area contributed by atoms with Crippen LogP contribution in [0.15, 0.2) is 30.3 Å². The van der Waals surface area contributed by atoms with Gasteiger partial charge in [-0.1, -0.05) is 18.2 Å². The number of rotatable bonds is 4. The topological polar surface area (TPSA) is 66.6 Å². The highest BCUT2D eigenvalue weighted by molar-refractivity contribution is 5.83. The van der Waals surface area contributed by atoms with Gasteiger partial charge in [0.2, 0.25) is 0 Å². The lowest BCUT2D eigenvalue weighted by Gasteiger charge is -2.28. The molecule has 3 amide bonds. The summed E-state index contributed by atoms with van der Waals surface area (Å²) >= 11 is 0. The van der Waals surface area contributed by atoms with Crippen LogP contribution in [0.3, 0.4) is 0 Å². The second kappa shape index (κ2) is 4.99. The number of nitrogens with zero attached hydrogens (tertiary/aromatic N) is 2. The van der Waals surface area contributed by atoms with Gasteiger partial charge in [-0.05, 0) is 19.1 Å². The summed E-state index contributed by atoms with van der Waals surface area (Å²) in [4.78, 5) is 21.8. The minimum Gasteiger partial charge on any atom is -0.350 e. The molecule has 0 saturated carbocycles. The number of primary amides is 1. The second-order valence-electron chi connectivity index (χ2n) is 2.79. The normalized spacial score (nSPS) is 9.40. The van der Waals surface area contributed by atoms with Crippen LogP contribution in [0, 0.1) is 0 Å². The highest BCUT2D eigenvalue weighted by atomic mass is 16.2. The van der Waals surface area contributed by atoms with Gasteiger partial charge in [-0.3, -0.25) is 4.79 Å². The molecule has 0 unspecified atom stereocenters. The number of nitrogens with two attached hydrogens (primary N) is 1. The van der Waals surface area contributed by atoms with Crippen molar-refractivity contribution < 1.29 is 9.59 Å². The maximum atomic E-state index is 11.0. The van der Waals surface area contributed by atoms with Crippen LogP contribution in [-0.2, 0) is 4.79 Å². The number of anilines is 1. The third kappa shape index (κ3) is 2.46. The lowest BCUT2D eigenvalue weighted by atomic mass is 10.3. The summed E-state index contributed by atoms with van der Waals surface area (Å²) < 4.78 is 0. The van der Waals surface area contributed by atoms with Crippen LogP contribution in [-0.4, -0.2) is 24.0 Å². The molecule has 0 spiro atoms. The second-order valence-corrected chi connectivity index (χ2v) is 2.79. The summed E-state index contributed by atoms with van der Waals surface area (Å²) in [5.74, 6) is 0. The van der Waals surface area contributed by atoms with Gasteiger partial charge in [-0.2, -0.15) is 0 Å². The summed E-state index contributed by atoms with van der Waals surface area (Å²) in [6.45, 7) is 2.03. The van der Waals surface area contributed by atoms with Crippen LogP contribution in [0.4, 0.5) is 10.5 Å². The molecule has 0 saturated heterocycles. The number of hydrogen-bond donors (Lipinski definition) is 1. The third-order valence-corrected chi connectivity index (χ3v) is 1.88. The Labute approximate surface area is 88.0 Å². The van der Waals surface area contributed by atoms with E-state index in [1.165, 1.54) is 0 Å². The molecule has 1 rings (SSSR count). The number of hydrazine groups is 1. The maximum Gasteiger partial charge on any atom is 0.337 e. The average molecular weight is 206 g/mol. The van der Waals surface area contributed by atoms with E-state index in [1.54, 1.807) is 37.6 Å². The van der Waals surface area contributed by atoms with Crippen molar-refractivity contribution in [3.63, 3.8) is 0 Å². The van der Waals surface area contributed by atoms with E-state index in [0.717, 1.165) is 10.0 Å². The summed E-state index contributed by atoms with van der Waals surface area (Å²) in [7, 11) is 0. The van der Waals surface area contributed by atoms with E-state index in [0.29, 0.717) is 12.2 Å². The number of para-hydroxylation sites is 1. The van der Waals surface area contributed by atoms with Gasteiger partial charge in [0.15, 0.2) is 0 Å². The van der Waals surface area contributed by atoms with Crippen molar-refractivity contribution in [1.29, 1.82) is 0 Å². The predicted octanol–water partition coefficient (Wildman–Crippen LogP) is 0.876. The molecule has 0 atom stereocenters. The molecule has 0 aliphatic carbocycles. The lowest BCUT2D eigenvalue weighted by Crippen LogP contribution is -2.48. The number of benzene rings is 1. The van der Waals surface area contributed by atoms with Crippen LogP contribution in [0.1, 0.15) is 6.92 Å². The van der Waals surface area contributed by atoms with Crippen molar-refractivity contribution in [2.75, 3.05) is 11.6 Å². The first-order valence-electron chi connectivity index (χ1n) is 4.50. The molecule has 0 bridgehead atoms. The molecule has 0 aliphatic heterocycles. The number of carbonyl (C=O) groups is 1. The molecule has 1 aromatic rings. The minimum atomic E-state index is -0.690. The van der Waals surface area contributed by atoms with Crippen molar-refractivity contribution in [3.8, 4) is 0 Å². The van der Waals surface area contributed by atoms with Crippen molar-refractivity contribution in [2.45, 2.75) is 6.92 Å². The molecular formula is C10H12N3O2. The molecule has 2 N–H and O–H groups in total. The molecule has 5 nitrogen and oxygen atoms in total. The first-order valence-corrected chi connectivity index (χ1v) is 4.50. The number of amides is 3. The first kappa shape index (κ1) is 11.0. The van der Waals surface area contributed by atoms with E-state index >= 15 is 0 Å². The van der Waals surface area contributed by atoms with E-state index in [1.807, 2.05) is 6.07 Å². The van der Waals surface area contributed by atoms with E-state index in [4.69, 9.17) is 5.73 Å². The zero-order valence-corrected chi connectivity index (χ0v) is 8.38. The Morgan fingerprint density at radius 1 is 1.40 bits per heavy atom. The SMILES string of the molecule is CCN(C(N)=O)N([C]=O)c1ccccc1. The largest absolute Gasteiger partial charge is 0.350 e. The highest BCUT2D eigenvalue weighted by Gasteiger charge is 2.17. The van der Waals surface area contributed by atoms with Crippen molar-refractivity contribution >= 4 is 18.1 Å². The maximum absolute atomic E-state index is 11.0. The Morgan fingerprint density at radius 2 is 2.00 bits per heavy atom. The number of carbonyl (C=O) groups excluding carboxylic acids is 2. The molecule has 1 aromatic carbocycles. The first-order chi connectivity index (χ1) is 7.20. The van der Waals surface area contributed by atoms with Gasteiger partial charge in [0.25, 0.3) is 0 Å². The smallest absolute Gasteiger partial charge is 0.337 e. The lowest BCUT2D eigenvalue weighted by molar-refractivity contribution is 0.211. The fourth-order valence-electron chi connectivity index (χ4n) is 1.21. The summed E-state index contributed by atoms with van der Waals surface area (Å²) in [6.07, 6.45) is 1.66. The summed E-state index contributed by atoms with van der Waals surface area (Å²) in [6, 6.07) is 8.02. The van der Waals surface area contributed by atoms with Crippen LogP contribution in [0.5, 0.6) is 0 Å². The molecule has 0 aromatic heterocycles. The van der Waals surface area contributed by atoms with Gasteiger partial charge in [0.05, 0.1) is 5.69 Å².